The molecule has 5 nitrogen and oxygen atoms in total. The van der Waals surface area contributed by atoms with Crippen LogP contribution in [0.25, 0.3) is 0 Å². The van der Waals surface area contributed by atoms with Gasteiger partial charge in [-0.1, -0.05) is 25.5 Å². The Morgan fingerprint density at radius 2 is 1.81 bits per heavy atom. The molecule has 0 saturated carbocycles. The van der Waals surface area contributed by atoms with Crippen LogP contribution in [0.3, 0.4) is 0 Å². The van der Waals surface area contributed by atoms with Crippen LogP contribution in [0.2, 0.25) is 0 Å². The molecule has 2 fully saturated rings. The van der Waals surface area contributed by atoms with Crippen LogP contribution >= 0.6 is 0 Å². The summed E-state index contributed by atoms with van der Waals surface area (Å²) >= 11 is 0. The van der Waals surface area contributed by atoms with E-state index >= 15 is 0 Å². The maximum atomic E-state index is 12.8. The zero-order chi connectivity index (χ0) is 18.7. The van der Waals surface area contributed by atoms with Crippen LogP contribution in [-0.2, 0) is 16.0 Å². The first-order valence-corrected chi connectivity index (χ1v) is 9.71. The second-order valence-corrected chi connectivity index (χ2v) is 7.80. The van der Waals surface area contributed by atoms with Crippen molar-refractivity contribution in [3.8, 4) is 0 Å². The third kappa shape index (κ3) is 3.93. The van der Waals surface area contributed by atoms with Crippen molar-refractivity contribution in [2.24, 2.45) is 0 Å². The summed E-state index contributed by atoms with van der Waals surface area (Å²) in [4.78, 5) is 28.4. The first kappa shape index (κ1) is 18.9. The van der Waals surface area contributed by atoms with Gasteiger partial charge in [0.25, 0.3) is 11.8 Å². The first-order chi connectivity index (χ1) is 12.4. The number of likely N-dealkylation sites (tertiary alicyclic amines) is 1. The number of likely N-dealkylation sites (N-methyl/N-ethyl adjacent to an activating group) is 1. The van der Waals surface area contributed by atoms with Gasteiger partial charge in [-0.05, 0) is 49.8 Å². The van der Waals surface area contributed by atoms with Gasteiger partial charge in [-0.3, -0.25) is 9.59 Å². The largest absolute Gasteiger partial charge is 0.362 e. The molecular formula is C21H30N2O3. The van der Waals surface area contributed by atoms with E-state index in [0.717, 1.165) is 44.1 Å². The standard InChI is InChI=1S/C21H30N2O3/c1-4-5-16-6-8-17(9-7-16)19(24)23-14-12-21(13-15-23)11-10-18(26-21)20(25)22(2)3/h6-9,18H,4-5,10-15H2,1-3H3. The molecule has 2 heterocycles. The summed E-state index contributed by atoms with van der Waals surface area (Å²) in [5.41, 5.74) is 1.81. The van der Waals surface area contributed by atoms with Crippen LogP contribution < -0.4 is 0 Å². The summed E-state index contributed by atoms with van der Waals surface area (Å²) in [5, 5.41) is 0. The number of hydrogen-bond acceptors (Lipinski definition) is 3. The molecular weight excluding hydrogens is 328 g/mol. The summed E-state index contributed by atoms with van der Waals surface area (Å²) < 4.78 is 6.16. The number of carbonyl (C=O) groups is 2. The van der Waals surface area contributed by atoms with Gasteiger partial charge in [-0.25, -0.2) is 0 Å². The zero-order valence-electron chi connectivity index (χ0n) is 16.2. The summed E-state index contributed by atoms with van der Waals surface area (Å²) in [6.45, 7) is 3.54. The molecule has 1 unspecified atom stereocenters. The van der Waals surface area contributed by atoms with Gasteiger partial charge in [0, 0.05) is 32.7 Å². The van der Waals surface area contributed by atoms with Gasteiger partial charge in [0.2, 0.25) is 0 Å². The average Bonchev–Trinajstić information content (AvgIpc) is 3.05. The van der Waals surface area contributed by atoms with Crippen molar-refractivity contribution in [3.63, 3.8) is 0 Å². The van der Waals surface area contributed by atoms with Crippen molar-refractivity contribution >= 4 is 11.8 Å². The van der Waals surface area contributed by atoms with Gasteiger partial charge in [-0.15, -0.1) is 0 Å². The van der Waals surface area contributed by atoms with Gasteiger partial charge in [0.1, 0.15) is 6.10 Å². The molecule has 0 aliphatic carbocycles. The van der Waals surface area contributed by atoms with E-state index in [1.807, 2.05) is 17.0 Å². The second kappa shape index (κ2) is 7.78. The molecule has 0 bridgehead atoms. The van der Waals surface area contributed by atoms with E-state index in [0.29, 0.717) is 13.1 Å². The van der Waals surface area contributed by atoms with Crippen molar-refractivity contribution in [2.45, 2.75) is 57.2 Å². The Hall–Kier alpha value is -1.88. The van der Waals surface area contributed by atoms with Crippen molar-refractivity contribution in [2.75, 3.05) is 27.2 Å². The minimum Gasteiger partial charge on any atom is -0.362 e. The van der Waals surface area contributed by atoms with Crippen molar-refractivity contribution < 1.29 is 14.3 Å². The lowest BCUT2D eigenvalue weighted by Gasteiger charge is -2.39. The molecule has 5 heteroatoms. The number of amides is 2. The number of rotatable bonds is 4. The Labute approximate surface area is 156 Å². The third-order valence-corrected chi connectivity index (χ3v) is 5.67. The van der Waals surface area contributed by atoms with Crippen molar-refractivity contribution in [1.82, 2.24) is 9.80 Å². The molecule has 0 N–H and O–H groups in total. The molecule has 142 valence electrons. The Morgan fingerprint density at radius 1 is 1.15 bits per heavy atom. The fourth-order valence-electron chi connectivity index (χ4n) is 4.05. The van der Waals surface area contributed by atoms with E-state index in [1.165, 1.54) is 5.56 Å². The van der Waals surface area contributed by atoms with E-state index in [-0.39, 0.29) is 23.5 Å². The van der Waals surface area contributed by atoms with E-state index in [1.54, 1.807) is 19.0 Å². The Bertz CT molecular complexity index is 646. The molecule has 0 radical (unpaired) electrons. The second-order valence-electron chi connectivity index (χ2n) is 7.80. The van der Waals surface area contributed by atoms with Crippen LogP contribution in [0.1, 0.15) is 54.9 Å². The predicted molar refractivity (Wildman–Crippen MR) is 101 cm³/mol. The minimum absolute atomic E-state index is 0.0487. The van der Waals surface area contributed by atoms with Gasteiger partial charge < -0.3 is 14.5 Å². The molecule has 1 spiro atoms. The Balaban J connectivity index is 1.56. The zero-order valence-corrected chi connectivity index (χ0v) is 16.2. The number of ether oxygens (including phenoxy) is 1. The van der Waals surface area contributed by atoms with Gasteiger partial charge in [-0.2, -0.15) is 0 Å². The van der Waals surface area contributed by atoms with Gasteiger partial charge >= 0.3 is 0 Å². The molecule has 3 rings (SSSR count). The first-order valence-electron chi connectivity index (χ1n) is 9.71. The van der Waals surface area contributed by atoms with Crippen LogP contribution in [0.5, 0.6) is 0 Å². The maximum absolute atomic E-state index is 12.8. The van der Waals surface area contributed by atoms with Gasteiger partial charge in [0.05, 0.1) is 5.60 Å². The number of carbonyl (C=O) groups excluding carboxylic acids is 2. The molecule has 1 aromatic rings. The molecule has 2 saturated heterocycles. The molecule has 2 aliphatic rings. The number of piperidine rings is 1. The summed E-state index contributed by atoms with van der Waals surface area (Å²) in [7, 11) is 3.54. The molecule has 2 aliphatic heterocycles. The highest BCUT2D eigenvalue weighted by Crippen LogP contribution is 2.39. The van der Waals surface area contributed by atoms with Crippen LogP contribution in [0.15, 0.2) is 24.3 Å². The quantitative estimate of drug-likeness (QED) is 0.832. The molecule has 26 heavy (non-hydrogen) atoms. The summed E-state index contributed by atoms with van der Waals surface area (Å²) in [6, 6.07) is 7.99. The van der Waals surface area contributed by atoms with Crippen LogP contribution in [0.4, 0.5) is 0 Å². The highest BCUT2D eigenvalue weighted by Gasteiger charge is 2.45. The van der Waals surface area contributed by atoms with E-state index in [2.05, 4.69) is 19.1 Å². The number of aryl methyl sites for hydroxylation is 1. The predicted octanol–water partition coefficient (Wildman–Crippen LogP) is 2.88. The fraction of sp³-hybridized carbons (Fsp3) is 0.619. The normalized spacial score (nSPS) is 21.8. The lowest BCUT2D eigenvalue weighted by Crippen LogP contribution is -2.47. The van der Waals surface area contributed by atoms with Crippen molar-refractivity contribution in [1.29, 1.82) is 0 Å². The Kier molecular flexibility index (Phi) is 5.66. The average molecular weight is 358 g/mol. The Morgan fingerprint density at radius 3 is 2.38 bits per heavy atom. The van der Waals surface area contributed by atoms with Crippen LogP contribution in [0, 0.1) is 0 Å². The number of nitrogens with zero attached hydrogens (tertiary/aromatic N) is 2. The lowest BCUT2D eigenvalue weighted by atomic mass is 9.88. The van der Waals surface area contributed by atoms with E-state index in [9.17, 15) is 9.59 Å². The summed E-state index contributed by atoms with van der Waals surface area (Å²) in [6.07, 6.45) is 5.14. The topological polar surface area (TPSA) is 49.9 Å². The van der Waals surface area contributed by atoms with E-state index in [4.69, 9.17) is 4.74 Å². The minimum atomic E-state index is -0.321. The van der Waals surface area contributed by atoms with Gasteiger partial charge in [0.15, 0.2) is 0 Å². The van der Waals surface area contributed by atoms with Crippen molar-refractivity contribution in [3.05, 3.63) is 35.4 Å². The lowest BCUT2D eigenvalue weighted by molar-refractivity contribution is -0.148. The van der Waals surface area contributed by atoms with E-state index < -0.39 is 0 Å². The maximum Gasteiger partial charge on any atom is 0.253 e. The highest BCUT2D eigenvalue weighted by atomic mass is 16.5. The van der Waals surface area contributed by atoms with Crippen LogP contribution in [-0.4, -0.2) is 60.5 Å². The monoisotopic (exact) mass is 358 g/mol. The third-order valence-electron chi connectivity index (χ3n) is 5.67. The smallest absolute Gasteiger partial charge is 0.253 e. The molecule has 1 atom stereocenters. The molecule has 1 aromatic carbocycles. The number of benzene rings is 1. The highest BCUT2D eigenvalue weighted by molar-refractivity contribution is 5.94. The SMILES string of the molecule is CCCc1ccc(C(=O)N2CCC3(CCC(C(=O)N(C)C)O3)CC2)cc1. The molecule has 0 aromatic heterocycles. The molecule has 2 amide bonds. The summed E-state index contributed by atoms with van der Waals surface area (Å²) in [5.74, 6) is 0.148. The number of hydrogen-bond donors (Lipinski definition) is 0. The fourth-order valence-corrected chi connectivity index (χ4v) is 4.05.